The Balaban J connectivity index is 1.66. The first kappa shape index (κ1) is 19.7. The molecule has 0 saturated heterocycles. The maximum Gasteiger partial charge on any atom is 0.332 e. The van der Waals surface area contributed by atoms with Gasteiger partial charge in [-0.3, -0.25) is 0 Å². The van der Waals surface area contributed by atoms with E-state index < -0.39 is 0 Å². The second kappa shape index (κ2) is 7.35. The molecule has 154 valence electrons. The van der Waals surface area contributed by atoms with Crippen LogP contribution in [0.1, 0.15) is 85.0 Å². The molecule has 0 spiro atoms. The van der Waals surface area contributed by atoms with Gasteiger partial charge in [-0.05, 0) is 80.0 Å². The van der Waals surface area contributed by atoms with Gasteiger partial charge < -0.3 is 9.47 Å². The number of carbonyl (C=O) groups is 1. The molecular formula is C24H40O3. The fourth-order valence-corrected chi connectivity index (χ4v) is 8.50. The summed E-state index contributed by atoms with van der Waals surface area (Å²) in [7, 11) is 1.59. The van der Waals surface area contributed by atoms with Crippen molar-refractivity contribution < 1.29 is 14.3 Å². The summed E-state index contributed by atoms with van der Waals surface area (Å²) >= 11 is 0. The SMILES string of the molecule is CCC1CCC2C3CCC4CCCCC4(C)C3CC(OC(=O)COC)C12C. The van der Waals surface area contributed by atoms with Gasteiger partial charge in [-0.1, -0.05) is 40.0 Å². The van der Waals surface area contributed by atoms with Crippen LogP contribution in [-0.4, -0.2) is 25.8 Å². The molecule has 0 aromatic rings. The van der Waals surface area contributed by atoms with Crippen LogP contribution in [0.25, 0.3) is 0 Å². The highest BCUT2D eigenvalue weighted by Crippen LogP contribution is 2.68. The minimum atomic E-state index is -0.163. The molecule has 0 bridgehead atoms. The van der Waals surface area contributed by atoms with E-state index in [1.807, 2.05) is 0 Å². The summed E-state index contributed by atoms with van der Waals surface area (Å²) in [5.41, 5.74) is 0.635. The van der Waals surface area contributed by atoms with Gasteiger partial charge in [0, 0.05) is 12.5 Å². The molecule has 0 aromatic carbocycles. The first-order valence-electron chi connectivity index (χ1n) is 11.6. The number of rotatable bonds is 4. The Labute approximate surface area is 165 Å². The maximum absolute atomic E-state index is 12.4. The standard InChI is InChI=1S/C24H40O3/c1-5-16-10-12-19-18-11-9-17-8-6-7-13-23(17,2)20(18)14-21(24(16,19)3)27-22(25)15-26-4/h16-21H,5-15H2,1-4H3. The second-order valence-electron chi connectivity index (χ2n) is 10.6. The van der Waals surface area contributed by atoms with E-state index in [2.05, 4.69) is 20.8 Å². The van der Waals surface area contributed by atoms with Crippen LogP contribution in [0.15, 0.2) is 0 Å². The van der Waals surface area contributed by atoms with E-state index in [9.17, 15) is 4.79 Å². The zero-order valence-corrected chi connectivity index (χ0v) is 18.0. The lowest BCUT2D eigenvalue weighted by atomic mass is 9.44. The summed E-state index contributed by atoms with van der Waals surface area (Å²) in [5, 5.41) is 0. The van der Waals surface area contributed by atoms with Crippen molar-refractivity contribution in [1.82, 2.24) is 0 Å². The lowest BCUT2D eigenvalue weighted by Crippen LogP contribution is -2.58. The average molecular weight is 377 g/mol. The summed E-state index contributed by atoms with van der Waals surface area (Å²) in [6.45, 7) is 7.48. The summed E-state index contributed by atoms with van der Waals surface area (Å²) in [4.78, 5) is 12.4. The molecule has 27 heavy (non-hydrogen) atoms. The topological polar surface area (TPSA) is 35.5 Å². The Bertz CT molecular complexity index is 560. The quantitative estimate of drug-likeness (QED) is 0.598. The molecule has 4 aliphatic rings. The Morgan fingerprint density at radius 1 is 1.04 bits per heavy atom. The Kier molecular flexibility index (Phi) is 5.37. The third kappa shape index (κ3) is 2.98. The van der Waals surface area contributed by atoms with Crippen LogP contribution in [0.4, 0.5) is 0 Å². The number of esters is 1. The Hall–Kier alpha value is -0.570. The lowest BCUT2D eigenvalue weighted by Gasteiger charge is -2.62. The highest BCUT2D eigenvalue weighted by Gasteiger charge is 2.63. The lowest BCUT2D eigenvalue weighted by molar-refractivity contribution is -0.194. The van der Waals surface area contributed by atoms with Crippen molar-refractivity contribution in [3.63, 3.8) is 0 Å². The normalized spacial score (nSPS) is 49.0. The van der Waals surface area contributed by atoms with Crippen molar-refractivity contribution in [1.29, 1.82) is 0 Å². The van der Waals surface area contributed by atoms with E-state index in [0.29, 0.717) is 11.3 Å². The van der Waals surface area contributed by atoms with E-state index >= 15 is 0 Å². The van der Waals surface area contributed by atoms with Crippen LogP contribution in [-0.2, 0) is 14.3 Å². The van der Waals surface area contributed by atoms with Crippen LogP contribution in [0.3, 0.4) is 0 Å². The molecule has 4 rings (SSSR count). The van der Waals surface area contributed by atoms with Crippen molar-refractivity contribution in [3.05, 3.63) is 0 Å². The van der Waals surface area contributed by atoms with Gasteiger partial charge in [0.15, 0.2) is 0 Å². The van der Waals surface area contributed by atoms with Crippen LogP contribution in [0.5, 0.6) is 0 Å². The van der Waals surface area contributed by atoms with Crippen molar-refractivity contribution in [2.45, 2.75) is 91.1 Å². The number of carbonyl (C=O) groups excluding carboxylic acids is 1. The molecule has 8 atom stereocenters. The van der Waals surface area contributed by atoms with E-state index in [1.54, 1.807) is 7.11 Å². The predicted molar refractivity (Wildman–Crippen MR) is 107 cm³/mol. The second-order valence-corrected chi connectivity index (χ2v) is 10.6. The molecule has 0 N–H and O–H groups in total. The van der Waals surface area contributed by atoms with Crippen molar-refractivity contribution in [2.24, 2.45) is 40.4 Å². The molecule has 4 saturated carbocycles. The molecular weight excluding hydrogens is 336 g/mol. The van der Waals surface area contributed by atoms with Crippen molar-refractivity contribution in [3.8, 4) is 0 Å². The van der Waals surface area contributed by atoms with Crippen LogP contribution < -0.4 is 0 Å². The number of hydrogen-bond acceptors (Lipinski definition) is 3. The van der Waals surface area contributed by atoms with Gasteiger partial charge in [-0.25, -0.2) is 4.79 Å². The zero-order valence-electron chi connectivity index (χ0n) is 18.0. The third-order valence-corrected chi connectivity index (χ3v) is 9.88. The van der Waals surface area contributed by atoms with Crippen molar-refractivity contribution >= 4 is 5.97 Å². The highest BCUT2D eigenvalue weighted by molar-refractivity contribution is 5.71. The van der Waals surface area contributed by atoms with Gasteiger partial charge in [0.1, 0.15) is 12.7 Å². The van der Waals surface area contributed by atoms with E-state index in [4.69, 9.17) is 9.47 Å². The van der Waals surface area contributed by atoms with E-state index in [1.165, 1.54) is 57.8 Å². The highest BCUT2D eigenvalue weighted by atomic mass is 16.6. The minimum Gasteiger partial charge on any atom is -0.460 e. The van der Waals surface area contributed by atoms with Gasteiger partial charge in [-0.2, -0.15) is 0 Å². The van der Waals surface area contributed by atoms with Crippen LogP contribution >= 0.6 is 0 Å². The fourth-order valence-electron chi connectivity index (χ4n) is 8.50. The van der Waals surface area contributed by atoms with E-state index in [-0.39, 0.29) is 24.1 Å². The first-order valence-corrected chi connectivity index (χ1v) is 11.6. The summed E-state index contributed by atoms with van der Waals surface area (Å²) in [6, 6.07) is 0. The van der Waals surface area contributed by atoms with Crippen LogP contribution in [0, 0.1) is 40.4 Å². The zero-order chi connectivity index (χ0) is 19.2. The summed E-state index contributed by atoms with van der Waals surface area (Å²) < 4.78 is 11.3. The molecule has 0 radical (unpaired) electrons. The fraction of sp³-hybridized carbons (Fsp3) is 0.958. The van der Waals surface area contributed by atoms with E-state index in [0.717, 1.165) is 30.1 Å². The molecule has 3 heteroatoms. The van der Waals surface area contributed by atoms with Crippen molar-refractivity contribution in [2.75, 3.05) is 13.7 Å². The first-order chi connectivity index (χ1) is 12.9. The average Bonchev–Trinajstić information content (AvgIpc) is 3.00. The van der Waals surface area contributed by atoms with Gasteiger partial charge in [0.2, 0.25) is 0 Å². The number of methoxy groups -OCH3 is 1. The number of ether oxygens (including phenoxy) is 2. The van der Waals surface area contributed by atoms with Gasteiger partial charge in [0.05, 0.1) is 0 Å². The largest absolute Gasteiger partial charge is 0.460 e. The summed E-state index contributed by atoms with van der Waals surface area (Å²) in [6.07, 6.45) is 13.5. The van der Waals surface area contributed by atoms with Crippen LogP contribution in [0.2, 0.25) is 0 Å². The molecule has 0 amide bonds. The van der Waals surface area contributed by atoms with Gasteiger partial charge >= 0.3 is 5.97 Å². The summed E-state index contributed by atoms with van der Waals surface area (Å²) in [5.74, 6) is 3.76. The third-order valence-electron chi connectivity index (χ3n) is 9.88. The monoisotopic (exact) mass is 376 g/mol. The maximum atomic E-state index is 12.4. The molecule has 0 aromatic heterocycles. The molecule has 4 aliphatic carbocycles. The number of hydrogen-bond donors (Lipinski definition) is 0. The van der Waals surface area contributed by atoms with Gasteiger partial charge in [0.25, 0.3) is 0 Å². The minimum absolute atomic E-state index is 0.0800. The Morgan fingerprint density at radius 3 is 2.59 bits per heavy atom. The smallest absolute Gasteiger partial charge is 0.332 e. The molecule has 4 fully saturated rings. The molecule has 0 heterocycles. The predicted octanol–water partition coefficient (Wildman–Crippen LogP) is 5.61. The molecule has 3 nitrogen and oxygen atoms in total. The number of fused-ring (bicyclic) bond motifs is 5. The van der Waals surface area contributed by atoms with Gasteiger partial charge in [-0.15, -0.1) is 0 Å². The molecule has 0 aliphatic heterocycles. The Morgan fingerprint density at radius 2 is 1.85 bits per heavy atom. The molecule has 8 unspecified atom stereocenters.